The van der Waals surface area contributed by atoms with Gasteiger partial charge >= 0.3 is 0 Å². The van der Waals surface area contributed by atoms with Crippen molar-refractivity contribution in [3.8, 4) is 0 Å². The summed E-state index contributed by atoms with van der Waals surface area (Å²) in [6.45, 7) is 0.137. The van der Waals surface area contributed by atoms with Gasteiger partial charge in [0, 0.05) is 35.6 Å². The van der Waals surface area contributed by atoms with Crippen molar-refractivity contribution in [2.75, 3.05) is 11.9 Å². The van der Waals surface area contributed by atoms with Gasteiger partial charge in [0.15, 0.2) is 0 Å². The number of amides is 1. The number of carbonyl (C=O) groups is 1. The molecule has 1 heterocycles. The van der Waals surface area contributed by atoms with Crippen molar-refractivity contribution in [2.45, 2.75) is 18.9 Å². The maximum absolute atomic E-state index is 11.7. The van der Waals surface area contributed by atoms with E-state index in [4.69, 9.17) is 0 Å². The Labute approximate surface area is 120 Å². The average molecular weight is 286 g/mol. The fourth-order valence-electron chi connectivity index (χ4n) is 2.17. The van der Waals surface area contributed by atoms with Crippen molar-refractivity contribution < 1.29 is 9.72 Å². The number of hydrogen-bond acceptors (Lipinski definition) is 5. The number of anilines is 1. The van der Waals surface area contributed by atoms with Gasteiger partial charge in [0.05, 0.1) is 16.9 Å². The number of carbonyl (C=O) groups excluding carboxylic acids is 1. The van der Waals surface area contributed by atoms with Gasteiger partial charge in [0.1, 0.15) is 0 Å². The number of rotatable bonds is 5. The molecular formula is C14H14N4O3. The summed E-state index contributed by atoms with van der Waals surface area (Å²) >= 11 is 0. The third-order valence-corrected chi connectivity index (χ3v) is 3.37. The monoisotopic (exact) mass is 286 g/mol. The van der Waals surface area contributed by atoms with E-state index < -0.39 is 4.92 Å². The number of aromatic nitrogens is 1. The second-order valence-electron chi connectivity index (χ2n) is 5.01. The minimum atomic E-state index is -0.425. The Kier molecular flexibility index (Phi) is 3.39. The lowest BCUT2D eigenvalue weighted by molar-refractivity contribution is -0.383. The van der Waals surface area contributed by atoms with E-state index in [2.05, 4.69) is 15.6 Å². The summed E-state index contributed by atoms with van der Waals surface area (Å²) in [6.07, 6.45) is 5.15. The Morgan fingerprint density at radius 2 is 2.14 bits per heavy atom. The molecule has 0 bridgehead atoms. The van der Waals surface area contributed by atoms with E-state index in [-0.39, 0.29) is 18.1 Å². The molecule has 1 amide bonds. The van der Waals surface area contributed by atoms with Gasteiger partial charge in [-0.15, -0.1) is 0 Å². The van der Waals surface area contributed by atoms with Gasteiger partial charge in [-0.1, -0.05) is 0 Å². The van der Waals surface area contributed by atoms with E-state index in [1.54, 1.807) is 18.3 Å². The van der Waals surface area contributed by atoms with Gasteiger partial charge in [-0.2, -0.15) is 0 Å². The Hall–Kier alpha value is -2.70. The number of nitrogens with zero attached hydrogens (tertiary/aromatic N) is 2. The van der Waals surface area contributed by atoms with Crippen LogP contribution in [0, 0.1) is 10.1 Å². The lowest BCUT2D eigenvalue weighted by Crippen LogP contribution is -2.31. The van der Waals surface area contributed by atoms with Crippen molar-refractivity contribution >= 4 is 28.1 Å². The zero-order valence-electron chi connectivity index (χ0n) is 11.2. The molecule has 21 heavy (non-hydrogen) atoms. The van der Waals surface area contributed by atoms with Gasteiger partial charge in [0.2, 0.25) is 5.91 Å². The lowest BCUT2D eigenvalue weighted by Gasteiger charge is -2.10. The smallest absolute Gasteiger partial charge is 0.277 e. The van der Waals surface area contributed by atoms with Crippen molar-refractivity contribution in [1.29, 1.82) is 0 Å². The Morgan fingerprint density at radius 1 is 1.33 bits per heavy atom. The largest absolute Gasteiger partial charge is 0.376 e. The van der Waals surface area contributed by atoms with Crippen LogP contribution in [0.1, 0.15) is 12.8 Å². The van der Waals surface area contributed by atoms with Crippen molar-refractivity contribution in [3.63, 3.8) is 0 Å². The van der Waals surface area contributed by atoms with Crippen molar-refractivity contribution in [1.82, 2.24) is 10.3 Å². The third-order valence-electron chi connectivity index (χ3n) is 3.37. The van der Waals surface area contributed by atoms with Gasteiger partial charge in [-0.05, 0) is 25.0 Å². The third kappa shape index (κ3) is 2.91. The number of non-ortho nitro benzene ring substituents is 1. The second kappa shape index (κ2) is 5.35. The highest BCUT2D eigenvalue weighted by atomic mass is 16.6. The van der Waals surface area contributed by atoms with E-state index in [0.717, 1.165) is 12.8 Å². The van der Waals surface area contributed by atoms with E-state index in [9.17, 15) is 14.9 Å². The van der Waals surface area contributed by atoms with Crippen LogP contribution < -0.4 is 10.6 Å². The Bertz CT molecular complexity index is 712. The molecule has 1 aliphatic carbocycles. The van der Waals surface area contributed by atoms with E-state index in [1.165, 1.54) is 12.3 Å². The molecule has 3 rings (SSSR count). The summed E-state index contributed by atoms with van der Waals surface area (Å²) in [7, 11) is 0. The molecule has 0 radical (unpaired) electrons. The molecule has 0 unspecified atom stereocenters. The second-order valence-corrected chi connectivity index (χ2v) is 5.01. The van der Waals surface area contributed by atoms with Gasteiger partial charge in [-0.25, -0.2) is 0 Å². The van der Waals surface area contributed by atoms with Crippen LogP contribution in [-0.2, 0) is 4.79 Å². The average Bonchev–Trinajstić information content (AvgIpc) is 3.28. The fourth-order valence-corrected chi connectivity index (χ4v) is 2.17. The number of fused-ring (bicyclic) bond motifs is 1. The van der Waals surface area contributed by atoms with Crippen LogP contribution in [-0.4, -0.2) is 28.4 Å². The number of nitro groups is 1. The minimum Gasteiger partial charge on any atom is -0.376 e. The van der Waals surface area contributed by atoms with Gasteiger partial charge in [0.25, 0.3) is 5.69 Å². The molecular weight excluding hydrogens is 272 g/mol. The first kappa shape index (κ1) is 13.3. The molecule has 0 saturated heterocycles. The van der Waals surface area contributed by atoms with Crippen LogP contribution in [0.2, 0.25) is 0 Å². The maximum Gasteiger partial charge on any atom is 0.277 e. The topological polar surface area (TPSA) is 97.2 Å². The first-order valence-electron chi connectivity index (χ1n) is 6.69. The van der Waals surface area contributed by atoms with Crippen LogP contribution >= 0.6 is 0 Å². The minimum absolute atomic E-state index is 0.0281. The molecule has 7 nitrogen and oxygen atoms in total. The molecule has 108 valence electrons. The molecule has 1 aliphatic rings. The highest BCUT2D eigenvalue weighted by Crippen LogP contribution is 2.30. The van der Waals surface area contributed by atoms with E-state index in [1.807, 2.05) is 0 Å². The summed E-state index contributed by atoms with van der Waals surface area (Å²) in [5.74, 6) is -0.0760. The summed E-state index contributed by atoms with van der Waals surface area (Å²) in [6, 6.07) is 4.95. The maximum atomic E-state index is 11.7. The summed E-state index contributed by atoms with van der Waals surface area (Å²) < 4.78 is 0. The number of pyridine rings is 1. The highest BCUT2D eigenvalue weighted by molar-refractivity contribution is 5.99. The van der Waals surface area contributed by atoms with E-state index >= 15 is 0 Å². The molecule has 0 aliphatic heterocycles. The Morgan fingerprint density at radius 3 is 2.86 bits per heavy atom. The molecule has 1 saturated carbocycles. The molecule has 2 N–H and O–H groups in total. The van der Waals surface area contributed by atoms with E-state index in [0.29, 0.717) is 22.5 Å². The number of hydrogen-bond donors (Lipinski definition) is 2. The molecule has 0 atom stereocenters. The molecule has 1 aromatic heterocycles. The number of benzene rings is 1. The fraction of sp³-hybridized carbons (Fsp3) is 0.286. The summed E-state index contributed by atoms with van der Waals surface area (Å²) in [5, 5.41) is 18.0. The number of nitrogens with one attached hydrogen (secondary N) is 2. The van der Waals surface area contributed by atoms with Crippen LogP contribution in [0.15, 0.2) is 30.6 Å². The predicted molar refractivity (Wildman–Crippen MR) is 78.1 cm³/mol. The standard InChI is InChI=1S/C14H14N4O3/c19-14(17-9-1-2-9)8-16-12-3-4-13(18(20)21)10-5-6-15-7-11(10)12/h3-7,9,16H,1-2,8H2,(H,17,19). The molecule has 1 fully saturated rings. The zero-order chi connectivity index (χ0) is 14.8. The molecule has 1 aromatic carbocycles. The predicted octanol–water partition coefficient (Wildman–Crippen LogP) is 1.83. The van der Waals surface area contributed by atoms with Crippen LogP contribution in [0.3, 0.4) is 0 Å². The number of nitro benzene ring substituents is 1. The van der Waals surface area contributed by atoms with Crippen molar-refractivity contribution in [2.24, 2.45) is 0 Å². The lowest BCUT2D eigenvalue weighted by atomic mass is 10.1. The Balaban J connectivity index is 1.83. The van der Waals surface area contributed by atoms with Gasteiger partial charge in [-0.3, -0.25) is 19.9 Å². The first-order chi connectivity index (χ1) is 10.1. The molecule has 7 heteroatoms. The summed E-state index contributed by atoms with van der Waals surface area (Å²) in [4.78, 5) is 26.3. The van der Waals surface area contributed by atoms with Crippen molar-refractivity contribution in [3.05, 3.63) is 40.7 Å². The molecule has 2 aromatic rings. The van der Waals surface area contributed by atoms with Crippen LogP contribution in [0.4, 0.5) is 11.4 Å². The zero-order valence-corrected chi connectivity index (χ0v) is 11.2. The van der Waals surface area contributed by atoms with Crippen LogP contribution in [0.5, 0.6) is 0 Å². The normalized spacial score (nSPS) is 13.9. The quantitative estimate of drug-likeness (QED) is 0.645. The van der Waals surface area contributed by atoms with Gasteiger partial charge < -0.3 is 10.6 Å². The summed E-state index contributed by atoms with van der Waals surface area (Å²) in [5.41, 5.74) is 0.690. The first-order valence-corrected chi connectivity index (χ1v) is 6.69. The SMILES string of the molecule is O=C(CNc1ccc([N+](=O)[O-])c2ccncc12)NC1CC1. The molecule has 0 spiro atoms. The van der Waals surface area contributed by atoms with Crippen LogP contribution in [0.25, 0.3) is 10.8 Å². The highest BCUT2D eigenvalue weighted by Gasteiger charge is 2.23.